The second-order valence-corrected chi connectivity index (χ2v) is 4.62. The minimum atomic E-state index is -0.278. The summed E-state index contributed by atoms with van der Waals surface area (Å²) in [6.45, 7) is 4.23. The van der Waals surface area contributed by atoms with Gasteiger partial charge in [-0.25, -0.2) is 4.98 Å². The highest BCUT2D eigenvalue weighted by Crippen LogP contribution is 2.29. The van der Waals surface area contributed by atoms with Crippen molar-refractivity contribution in [3.05, 3.63) is 54.7 Å². The van der Waals surface area contributed by atoms with Crippen LogP contribution >= 0.6 is 0 Å². The van der Waals surface area contributed by atoms with Crippen molar-refractivity contribution >= 4 is 17.4 Å². The first kappa shape index (κ1) is 16.4. The molecule has 6 heteroatoms. The molecule has 1 aromatic heterocycles. The van der Waals surface area contributed by atoms with Crippen molar-refractivity contribution in [2.75, 3.05) is 31.4 Å². The van der Waals surface area contributed by atoms with Gasteiger partial charge in [0, 0.05) is 18.8 Å². The highest BCUT2D eigenvalue weighted by molar-refractivity contribution is 6.05. The number of ether oxygens (including phenoxy) is 2. The molecular weight excluding hydrogens is 294 g/mol. The van der Waals surface area contributed by atoms with Gasteiger partial charge in [0.15, 0.2) is 0 Å². The summed E-state index contributed by atoms with van der Waals surface area (Å²) < 4.78 is 10.4. The van der Waals surface area contributed by atoms with Gasteiger partial charge in [0.2, 0.25) is 0 Å². The number of amides is 1. The van der Waals surface area contributed by atoms with Crippen molar-refractivity contribution in [3.63, 3.8) is 0 Å². The van der Waals surface area contributed by atoms with Gasteiger partial charge in [-0.1, -0.05) is 6.08 Å². The normalized spacial score (nSPS) is 9.83. The van der Waals surface area contributed by atoms with Gasteiger partial charge in [-0.3, -0.25) is 4.79 Å². The third kappa shape index (κ3) is 4.23. The Labute approximate surface area is 135 Å². The Morgan fingerprint density at radius 3 is 2.70 bits per heavy atom. The van der Waals surface area contributed by atoms with Gasteiger partial charge in [0.1, 0.15) is 17.3 Å². The largest absolute Gasteiger partial charge is 0.497 e. The number of rotatable bonds is 7. The van der Waals surface area contributed by atoms with Crippen molar-refractivity contribution in [1.82, 2.24) is 4.98 Å². The SMILES string of the molecule is C=CCNc1ccc(C(=O)Nc2cc(OC)ccc2OC)cn1. The van der Waals surface area contributed by atoms with Crippen LogP contribution < -0.4 is 20.1 Å². The van der Waals surface area contributed by atoms with Crippen molar-refractivity contribution in [1.29, 1.82) is 0 Å². The number of anilines is 2. The fraction of sp³-hybridized carbons (Fsp3) is 0.176. The molecular formula is C17H19N3O3. The Balaban J connectivity index is 2.13. The molecule has 0 radical (unpaired) electrons. The summed E-state index contributed by atoms with van der Waals surface area (Å²) in [4.78, 5) is 16.5. The van der Waals surface area contributed by atoms with Crippen LogP contribution in [0.2, 0.25) is 0 Å². The van der Waals surface area contributed by atoms with Gasteiger partial charge in [-0.2, -0.15) is 0 Å². The third-order valence-electron chi connectivity index (χ3n) is 3.11. The van der Waals surface area contributed by atoms with E-state index in [9.17, 15) is 4.79 Å². The van der Waals surface area contributed by atoms with Crippen LogP contribution in [-0.4, -0.2) is 31.7 Å². The molecule has 0 fully saturated rings. The molecule has 0 aliphatic rings. The molecule has 2 rings (SSSR count). The maximum atomic E-state index is 12.3. The Hall–Kier alpha value is -3.02. The van der Waals surface area contributed by atoms with Gasteiger partial charge in [-0.05, 0) is 24.3 Å². The number of benzene rings is 1. The van der Waals surface area contributed by atoms with Gasteiger partial charge in [0.05, 0.1) is 25.5 Å². The number of aromatic nitrogens is 1. The van der Waals surface area contributed by atoms with Crippen LogP contribution in [0.5, 0.6) is 11.5 Å². The zero-order chi connectivity index (χ0) is 16.7. The molecule has 0 unspecified atom stereocenters. The summed E-state index contributed by atoms with van der Waals surface area (Å²) in [5.41, 5.74) is 0.977. The first-order valence-electron chi connectivity index (χ1n) is 7.02. The molecule has 1 heterocycles. The van der Waals surface area contributed by atoms with E-state index in [1.54, 1.807) is 50.6 Å². The lowest BCUT2D eigenvalue weighted by molar-refractivity contribution is 0.102. The van der Waals surface area contributed by atoms with E-state index < -0.39 is 0 Å². The number of hydrogen-bond donors (Lipinski definition) is 2. The molecule has 6 nitrogen and oxygen atoms in total. The molecule has 120 valence electrons. The lowest BCUT2D eigenvalue weighted by Gasteiger charge is -2.12. The van der Waals surface area contributed by atoms with Crippen molar-refractivity contribution < 1.29 is 14.3 Å². The molecule has 1 aromatic carbocycles. The van der Waals surface area contributed by atoms with Crippen LogP contribution in [0.4, 0.5) is 11.5 Å². The van der Waals surface area contributed by atoms with Crippen molar-refractivity contribution in [2.24, 2.45) is 0 Å². The van der Waals surface area contributed by atoms with E-state index >= 15 is 0 Å². The monoisotopic (exact) mass is 313 g/mol. The van der Waals surface area contributed by atoms with E-state index in [-0.39, 0.29) is 5.91 Å². The average Bonchev–Trinajstić information content (AvgIpc) is 2.60. The Morgan fingerprint density at radius 1 is 1.26 bits per heavy atom. The van der Waals surface area contributed by atoms with E-state index in [4.69, 9.17) is 9.47 Å². The zero-order valence-corrected chi connectivity index (χ0v) is 13.1. The van der Waals surface area contributed by atoms with E-state index in [2.05, 4.69) is 22.2 Å². The van der Waals surface area contributed by atoms with Crippen LogP contribution in [-0.2, 0) is 0 Å². The minimum Gasteiger partial charge on any atom is -0.497 e. The van der Waals surface area contributed by atoms with E-state index in [0.717, 1.165) is 0 Å². The smallest absolute Gasteiger partial charge is 0.257 e. The Bertz CT molecular complexity index is 684. The highest BCUT2D eigenvalue weighted by atomic mass is 16.5. The van der Waals surface area contributed by atoms with Crippen LogP contribution in [0.15, 0.2) is 49.2 Å². The summed E-state index contributed by atoms with van der Waals surface area (Å²) in [5.74, 6) is 1.58. The van der Waals surface area contributed by atoms with Crippen LogP contribution in [0.1, 0.15) is 10.4 Å². The van der Waals surface area contributed by atoms with Crippen molar-refractivity contribution in [3.8, 4) is 11.5 Å². The fourth-order valence-corrected chi connectivity index (χ4v) is 1.92. The summed E-state index contributed by atoms with van der Waals surface area (Å²) in [5, 5.41) is 5.84. The average molecular weight is 313 g/mol. The molecule has 2 N–H and O–H groups in total. The number of nitrogens with zero attached hydrogens (tertiary/aromatic N) is 1. The second kappa shape index (κ2) is 7.84. The lowest BCUT2D eigenvalue weighted by Crippen LogP contribution is -2.13. The Kier molecular flexibility index (Phi) is 5.57. The number of methoxy groups -OCH3 is 2. The number of pyridine rings is 1. The summed E-state index contributed by atoms with van der Waals surface area (Å²) in [6.07, 6.45) is 3.24. The second-order valence-electron chi connectivity index (χ2n) is 4.62. The minimum absolute atomic E-state index is 0.278. The fourth-order valence-electron chi connectivity index (χ4n) is 1.92. The van der Waals surface area contributed by atoms with Crippen LogP contribution in [0, 0.1) is 0 Å². The molecule has 23 heavy (non-hydrogen) atoms. The van der Waals surface area contributed by atoms with E-state index in [1.807, 2.05) is 0 Å². The topological polar surface area (TPSA) is 72.5 Å². The molecule has 0 saturated carbocycles. The van der Waals surface area contributed by atoms with E-state index in [0.29, 0.717) is 35.1 Å². The lowest BCUT2D eigenvalue weighted by atomic mass is 10.2. The highest BCUT2D eigenvalue weighted by Gasteiger charge is 2.11. The first-order valence-corrected chi connectivity index (χ1v) is 7.02. The predicted molar refractivity (Wildman–Crippen MR) is 90.4 cm³/mol. The third-order valence-corrected chi connectivity index (χ3v) is 3.11. The van der Waals surface area contributed by atoms with Crippen LogP contribution in [0.25, 0.3) is 0 Å². The quantitative estimate of drug-likeness (QED) is 0.769. The number of carbonyl (C=O) groups excluding carboxylic acids is 1. The van der Waals surface area contributed by atoms with Crippen LogP contribution in [0.3, 0.4) is 0 Å². The molecule has 0 saturated heterocycles. The number of hydrogen-bond acceptors (Lipinski definition) is 5. The maximum Gasteiger partial charge on any atom is 0.257 e. The standard InChI is InChI=1S/C17H19N3O3/c1-4-9-18-16-8-5-12(11-19-16)17(21)20-14-10-13(22-2)6-7-15(14)23-3/h4-8,10-11H,1,9H2,2-3H3,(H,18,19)(H,20,21). The summed E-state index contributed by atoms with van der Waals surface area (Å²) in [6, 6.07) is 8.62. The Morgan fingerprint density at radius 2 is 2.09 bits per heavy atom. The maximum absolute atomic E-state index is 12.3. The van der Waals surface area contributed by atoms with Gasteiger partial charge in [-0.15, -0.1) is 6.58 Å². The van der Waals surface area contributed by atoms with Gasteiger partial charge < -0.3 is 20.1 Å². The molecule has 0 spiro atoms. The molecule has 0 atom stereocenters. The van der Waals surface area contributed by atoms with E-state index in [1.165, 1.54) is 6.20 Å². The number of carbonyl (C=O) groups is 1. The molecule has 1 amide bonds. The molecule has 0 aliphatic carbocycles. The zero-order valence-electron chi connectivity index (χ0n) is 13.1. The molecule has 2 aromatic rings. The predicted octanol–water partition coefficient (Wildman–Crippen LogP) is 2.95. The van der Waals surface area contributed by atoms with Gasteiger partial charge >= 0.3 is 0 Å². The van der Waals surface area contributed by atoms with Crippen molar-refractivity contribution in [2.45, 2.75) is 0 Å². The summed E-state index contributed by atoms with van der Waals surface area (Å²) in [7, 11) is 3.10. The first-order chi connectivity index (χ1) is 11.2. The molecule has 0 aliphatic heterocycles. The number of nitrogens with one attached hydrogen (secondary N) is 2. The molecule has 0 bridgehead atoms. The summed E-state index contributed by atoms with van der Waals surface area (Å²) >= 11 is 0. The van der Waals surface area contributed by atoms with Gasteiger partial charge in [0.25, 0.3) is 5.91 Å².